The quantitative estimate of drug-likeness (QED) is 0.782. The van der Waals surface area contributed by atoms with Crippen molar-refractivity contribution in [2.24, 2.45) is 11.8 Å². The fourth-order valence-electron chi connectivity index (χ4n) is 2.48. The molecule has 0 heterocycles. The third-order valence-corrected chi connectivity index (χ3v) is 3.65. The molecule has 0 radical (unpaired) electrons. The standard InChI is InChI=1S/C14H26N2O3/c1-9(2)8-12(13(17)18)16-14(19)15-11-6-4-10(3)5-7-11/h9-12H,4-8H2,1-3H3,(H,17,18)(H2,15,16,19)/p-1/t10?,11?,12-/m0/s1. The Bertz CT molecular complexity index is 310. The third-order valence-electron chi connectivity index (χ3n) is 3.65. The molecule has 1 aliphatic carbocycles. The Kier molecular flexibility index (Phi) is 6.12. The minimum atomic E-state index is -1.22. The van der Waals surface area contributed by atoms with E-state index >= 15 is 0 Å². The Morgan fingerprint density at radius 1 is 1.21 bits per heavy atom. The van der Waals surface area contributed by atoms with Gasteiger partial charge in [-0.2, -0.15) is 0 Å². The number of hydrogen-bond donors (Lipinski definition) is 2. The average molecular weight is 269 g/mol. The lowest BCUT2D eigenvalue weighted by molar-refractivity contribution is -0.308. The number of amides is 2. The molecule has 19 heavy (non-hydrogen) atoms. The molecule has 1 atom stereocenters. The molecule has 0 aromatic rings. The van der Waals surface area contributed by atoms with Gasteiger partial charge in [-0.15, -0.1) is 0 Å². The van der Waals surface area contributed by atoms with Gasteiger partial charge in [-0.1, -0.05) is 20.8 Å². The number of aliphatic carboxylic acids is 1. The van der Waals surface area contributed by atoms with Crippen LogP contribution in [-0.4, -0.2) is 24.1 Å². The van der Waals surface area contributed by atoms with E-state index in [0.29, 0.717) is 6.42 Å². The van der Waals surface area contributed by atoms with Crippen LogP contribution in [0.1, 0.15) is 52.9 Å². The number of carboxylic acid groups (broad SMARTS) is 1. The van der Waals surface area contributed by atoms with Crippen LogP contribution >= 0.6 is 0 Å². The first-order valence-electron chi connectivity index (χ1n) is 7.16. The second-order valence-electron chi connectivity index (χ2n) is 6.08. The van der Waals surface area contributed by atoms with Crippen molar-refractivity contribution in [3.05, 3.63) is 0 Å². The second-order valence-corrected chi connectivity index (χ2v) is 6.08. The van der Waals surface area contributed by atoms with Crippen LogP contribution in [-0.2, 0) is 4.79 Å². The molecule has 0 aromatic heterocycles. The molecule has 2 amide bonds. The number of nitrogens with one attached hydrogen (secondary N) is 2. The van der Waals surface area contributed by atoms with Gasteiger partial charge in [0.15, 0.2) is 0 Å². The monoisotopic (exact) mass is 269 g/mol. The molecular formula is C14H25N2O3-. The molecule has 5 heteroatoms. The zero-order valence-electron chi connectivity index (χ0n) is 12.1. The predicted molar refractivity (Wildman–Crippen MR) is 71.3 cm³/mol. The van der Waals surface area contributed by atoms with E-state index in [9.17, 15) is 14.7 Å². The molecule has 5 nitrogen and oxygen atoms in total. The molecular weight excluding hydrogens is 244 g/mol. The van der Waals surface area contributed by atoms with E-state index in [-0.39, 0.29) is 12.0 Å². The summed E-state index contributed by atoms with van der Waals surface area (Å²) in [4.78, 5) is 22.7. The first kappa shape index (κ1) is 15.8. The highest BCUT2D eigenvalue weighted by Crippen LogP contribution is 2.23. The zero-order valence-corrected chi connectivity index (χ0v) is 12.1. The van der Waals surface area contributed by atoms with Gasteiger partial charge in [-0.3, -0.25) is 0 Å². The van der Waals surface area contributed by atoms with Crippen molar-refractivity contribution in [2.45, 2.75) is 65.0 Å². The lowest BCUT2D eigenvalue weighted by Crippen LogP contribution is -2.53. The molecule has 1 aliphatic rings. The predicted octanol–water partition coefficient (Wildman–Crippen LogP) is 1.03. The van der Waals surface area contributed by atoms with Gasteiger partial charge in [0.05, 0.1) is 12.0 Å². The highest BCUT2D eigenvalue weighted by Gasteiger charge is 2.21. The van der Waals surface area contributed by atoms with E-state index in [2.05, 4.69) is 17.6 Å². The minimum absolute atomic E-state index is 0.164. The van der Waals surface area contributed by atoms with Gasteiger partial charge >= 0.3 is 6.03 Å². The SMILES string of the molecule is CC(C)C[C@H](NC(=O)NC1CCC(C)CC1)C(=O)[O-]. The third kappa shape index (κ3) is 5.94. The van der Waals surface area contributed by atoms with E-state index < -0.39 is 18.0 Å². The number of rotatable bonds is 5. The molecule has 2 N–H and O–H groups in total. The van der Waals surface area contributed by atoms with Gasteiger partial charge in [-0.05, 0) is 43.9 Å². The van der Waals surface area contributed by atoms with Crippen LogP contribution in [0.4, 0.5) is 4.79 Å². The van der Waals surface area contributed by atoms with E-state index in [1.807, 2.05) is 13.8 Å². The average Bonchev–Trinajstić information content (AvgIpc) is 2.30. The molecule has 0 aliphatic heterocycles. The summed E-state index contributed by atoms with van der Waals surface area (Å²) in [6.45, 7) is 6.04. The lowest BCUT2D eigenvalue weighted by atomic mass is 9.87. The summed E-state index contributed by atoms with van der Waals surface area (Å²) in [5.74, 6) is -0.308. The summed E-state index contributed by atoms with van der Waals surface area (Å²) in [6.07, 6.45) is 4.54. The van der Waals surface area contributed by atoms with E-state index in [4.69, 9.17) is 0 Å². The van der Waals surface area contributed by atoms with Crippen molar-refractivity contribution >= 4 is 12.0 Å². The van der Waals surface area contributed by atoms with Crippen molar-refractivity contribution in [3.63, 3.8) is 0 Å². The maximum Gasteiger partial charge on any atom is 0.315 e. The van der Waals surface area contributed by atoms with E-state index in [1.54, 1.807) is 0 Å². The fraction of sp³-hybridized carbons (Fsp3) is 0.857. The second kappa shape index (κ2) is 7.36. The van der Waals surface area contributed by atoms with Crippen molar-refractivity contribution in [1.29, 1.82) is 0 Å². The van der Waals surface area contributed by atoms with Gasteiger partial charge in [-0.25, -0.2) is 4.79 Å². The van der Waals surface area contributed by atoms with Crippen LogP contribution in [0.2, 0.25) is 0 Å². The Labute approximate surface area is 115 Å². The summed E-state index contributed by atoms with van der Waals surface area (Å²) < 4.78 is 0. The Balaban J connectivity index is 2.38. The molecule has 1 fully saturated rings. The maximum absolute atomic E-state index is 11.8. The summed E-state index contributed by atoms with van der Waals surface area (Å²) in [6, 6.07) is -1.14. The first-order valence-corrected chi connectivity index (χ1v) is 7.16. The van der Waals surface area contributed by atoms with Crippen molar-refractivity contribution in [3.8, 4) is 0 Å². The summed E-state index contributed by atoms with van der Waals surface area (Å²) in [5, 5.41) is 16.3. The molecule has 1 rings (SSSR count). The molecule has 1 saturated carbocycles. The summed E-state index contributed by atoms with van der Waals surface area (Å²) in [7, 11) is 0. The first-order chi connectivity index (χ1) is 8.88. The van der Waals surface area contributed by atoms with Crippen LogP contribution in [0.25, 0.3) is 0 Å². The lowest BCUT2D eigenvalue weighted by Gasteiger charge is -2.28. The number of carboxylic acids is 1. The maximum atomic E-state index is 11.8. The molecule has 0 spiro atoms. The van der Waals surface area contributed by atoms with Gasteiger partial charge in [0.25, 0.3) is 0 Å². The van der Waals surface area contributed by atoms with Crippen molar-refractivity contribution in [1.82, 2.24) is 10.6 Å². The van der Waals surface area contributed by atoms with Gasteiger partial charge < -0.3 is 20.5 Å². The fourth-order valence-corrected chi connectivity index (χ4v) is 2.48. The molecule has 0 aromatic carbocycles. The summed E-state index contributed by atoms with van der Waals surface area (Å²) >= 11 is 0. The highest BCUT2D eigenvalue weighted by atomic mass is 16.4. The topological polar surface area (TPSA) is 81.3 Å². The molecule has 110 valence electrons. The van der Waals surface area contributed by atoms with Crippen LogP contribution in [0.5, 0.6) is 0 Å². The Morgan fingerprint density at radius 2 is 1.79 bits per heavy atom. The van der Waals surface area contributed by atoms with E-state index in [0.717, 1.165) is 31.6 Å². The van der Waals surface area contributed by atoms with Crippen LogP contribution in [0.3, 0.4) is 0 Å². The Hall–Kier alpha value is -1.26. The van der Waals surface area contributed by atoms with Crippen LogP contribution in [0, 0.1) is 11.8 Å². The number of carbonyl (C=O) groups is 2. The number of carbonyl (C=O) groups excluding carboxylic acids is 2. The van der Waals surface area contributed by atoms with Crippen molar-refractivity contribution < 1.29 is 14.7 Å². The molecule has 0 bridgehead atoms. The number of urea groups is 1. The largest absolute Gasteiger partial charge is 0.548 e. The smallest absolute Gasteiger partial charge is 0.315 e. The van der Waals surface area contributed by atoms with Crippen molar-refractivity contribution in [2.75, 3.05) is 0 Å². The zero-order chi connectivity index (χ0) is 14.4. The Morgan fingerprint density at radius 3 is 2.26 bits per heavy atom. The van der Waals surface area contributed by atoms with Gasteiger partial charge in [0, 0.05) is 6.04 Å². The van der Waals surface area contributed by atoms with Gasteiger partial charge in [0.2, 0.25) is 0 Å². The van der Waals surface area contributed by atoms with Crippen LogP contribution in [0.15, 0.2) is 0 Å². The highest BCUT2D eigenvalue weighted by molar-refractivity contribution is 5.81. The van der Waals surface area contributed by atoms with E-state index in [1.165, 1.54) is 0 Å². The van der Waals surface area contributed by atoms with Gasteiger partial charge in [0.1, 0.15) is 0 Å². The minimum Gasteiger partial charge on any atom is -0.548 e. The molecule has 0 saturated heterocycles. The number of hydrogen-bond acceptors (Lipinski definition) is 3. The van der Waals surface area contributed by atoms with Crippen LogP contribution < -0.4 is 15.7 Å². The normalized spacial score (nSPS) is 24.8. The molecule has 0 unspecified atom stereocenters. The summed E-state index contributed by atoms with van der Waals surface area (Å²) in [5.41, 5.74) is 0.